The zero-order chi connectivity index (χ0) is 27.6. The molecule has 0 saturated carbocycles. The molecule has 2 aromatic carbocycles. The highest BCUT2D eigenvalue weighted by molar-refractivity contribution is 6.04. The number of carbonyl (C=O) groups excluding carboxylic acids is 1. The first-order valence-electron chi connectivity index (χ1n) is 12.5. The molecule has 1 saturated heterocycles. The molecule has 0 spiro atoms. The third-order valence-corrected chi connectivity index (χ3v) is 6.79. The van der Waals surface area contributed by atoms with Crippen LogP contribution in [0.1, 0.15) is 38.3 Å². The topological polar surface area (TPSA) is 77.2 Å². The number of nitrogens with zero attached hydrogens (tertiary/aromatic N) is 4. The summed E-state index contributed by atoms with van der Waals surface area (Å²) in [6.07, 6.45) is -2.80. The number of nitrogens with one attached hydrogen (secondary N) is 2. The number of amides is 1. The molecule has 7 nitrogen and oxygen atoms in total. The fourth-order valence-electron chi connectivity index (χ4n) is 4.45. The maximum absolute atomic E-state index is 13.9. The monoisotopic (exact) mass is 532 g/mol. The Kier molecular flexibility index (Phi) is 7.37. The maximum atomic E-state index is 13.9. The van der Waals surface area contributed by atoms with Crippen molar-refractivity contribution < 1.29 is 18.0 Å². The summed E-state index contributed by atoms with van der Waals surface area (Å²) in [4.78, 5) is 20.1. The van der Waals surface area contributed by atoms with E-state index in [9.17, 15) is 18.0 Å². The molecule has 2 aromatic heterocycles. The van der Waals surface area contributed by atoms with E-state index in [4.69, 9.17) is 0 Å². The highest BCUT2D eigenvalue weighted by Crippen LogP contribution is 2.33. The second-order valence-electron chi connectivity index (χ2n) is 9.69. The summed E-state index contributed by atoms with van der Waals surface area (Å²) in [5.41, 5.74) is 2.44. The highest BCUT2D eigenvalue weighted by atomic mass is 19.4. The van der Waals surface area contributed by atoms with E-state index in [1.807, 2.05) is 31.0 Å². The van der Waals surface area contributed by atoms with Crippen LogP contribution in [-0.4, -0.2) is 64.1 Å². The number of aryl methyl sites for hydroxylation is 1. The first-order valence-corrected chi connectivity index (χ1v) is 12.5. The quantitative estimate of drug-likeness (QED) is 0.373. The van der Waals surface area contributed by atoms with Crippen LogP contribution in [0.3, 0.4) is 0 Å². The first-order chi connectivity index (χ1) is 18.7. The van der Waals surface area contributed by atoms with Crippen molar-refractivity contribution in [1.82, 2.24) is 25.0 Å². The molecule has 0 radical (unpaired) electrons. The average molecular weight is 533 g/mol. The molecular weight excluding hydrogens is 505 g/mol. The third-order valence-electron chi connectivity index (χ3n) is 6.79. The summed E-state index contributed by atoms with van der Waals surface area (Å²) in [5, 5.41) is 11.8. The van der Waals surface area contributed by atoms with E-state index in [2.05, 4.69) is 37.2 Å². The van der Waals surface area contributed by atoms with Crippen molar-refractivity contribution in [2.75, 3.05) is 38.5 Å². The van der Waals surface area contributed by atoms with E-state index in [0.717, 1.165) is 30.1 Å². The van der Waals surface area contributed by atoms with Gasteiger partial charge in [-0.05, 0) is 67.4 Å². The predicted molar refractivity (Wildman–Crippen MR) is 143 cm³/mol. The van der Waals surface area contributed by atoms with Crippen LogP contribution < -0.4 is 5.32 Å². The van der Waals surface area contributed by atoms with E-state index in [0.29, 0.717) is 35.7 Å². The van der Waals surface area contributed by atoms with Crippen molar-refractivity contribution in [3.63, 3.8) is 0 Å². The number of hydrogen-bond acceptors (Lipinski definition) is 5. The number of rotatable bonds is 4. The molecule has 200 valence electrons. The summed E-state index contributed by atoms with van der Waals surface area (Å²) in [5.74, 6) is 5.40. The minimum Gasteiger partial charge on any atom is -0.345 e. The number of benzene rings is 2. The third kappa shape index (κ3) is 6.28. The predicted octanol–water partition coefficient (Wildman–Crippen LogP) is 4.68. The number of carbonyl (C=O) groups is 1. The number of fused-ring (bicyclic) bond motifs is 1. The number of anilines is 1. The van der Waals surface area contributed by atoms with Crippen LogP contribution in [0, 0.1) is 18.8 Å². The lowest BCUT2D eigenvalue weighted by molar-refractivity contribution is -0.138. The van der Waals surface area contributed by atoms with Crippen molar-refractivity contribution in [2.24, 2.45) is 0 Å². The lowest BCUT2D eigenvalue weighted by atomic mass is 10.0. The van der Waals surface area contributed by atoms with Gasteiger partial charge in [-0.1, -0.05) is 18.1 Å². The highest BCUT2D eigenvalue weighted by Gasteiger charge is 2.34. The molecule has 39 heavy (non-hydrogen) atoms. The Morgan fingerprint density at radius 1 is 1.03 bits per heavy atom. The second kappa shape index (κ2) is 10.9. The standard InChI is InChI=1S/C29H27F3N6O/c1-19-3-7-24(15-20(19)6-8-25-16-21-9-10-33-27(21)36-35-25)34-28(39)22-4-5-23(26(17-22)29(30,31)32)18-38-13-11-37(2)12-14-38/h3-5,7,9-10,15-17H,11-14,18H2,1-2H3,(H,33,36)(H,34,39). The van der Waals surface area contributed by atoms with Gasteiger partial charge in [-0.3, -0.25) is 9.69 Å². The second-order valence-corrected chi connectivity index (χ2v) is 9.69. The summed E-state index contributed by atoms with van der Waals surface area (Å²) in [6, 6.07) is 12.7. The number of aromatic nitrogens is 3. The minimum absolute atomic E-state index is 0.0623. The van der Waals surface area contributed by atoms with Gasteiger partial charge in [0.1, 0.15) is 5.69 Å². The summed E-state index contributed by atoms with van der Waals surface area (Å²) in [6.45, 7) is 5.07. The number of alkyl halides is 3. The number of hydrogen-bond donors (Lipinski definition) is 2. The van der Waals surface area contributed by atoms with Gasteiger partial charge in [0.2, 0.25) is 0 Å². The zero-order valence-electron chi connectivity index (χ0n) is 21.6. The van der Waals surface area contributed by atoms with Crippen molar-refractivity contribution in [3.05, 3.63) is 88.2 Å². The Morgan fingerprint density at radius 3 is 2.59 bits per heavy atom. The lowest BCUT2D eigenvalue weighted by Gasteiger charge is -2.33. The molecule has 0 bridgehead atoms. The molecule has 4 aromatic rings. The molecule has 10 heteroatoms. The van der Waals surface area contributed by atoms with Crippen LogP contribution in [-0.2, 0) is 12.7 Å². The Balaban J connectivity index is 1.34. The fraction of sp³-hybridized carbons (Fsp3) is 0.276. The van der Waals surface area contributed by atoms with Gasteiger partial charge < -0.3 is 15.2 Å². The van der Waals surface area contributed by atoms with Crippen LogP contribution in [0.5, 0.6) is 0 Å². The maximum Gasteiger partial charge on any atom is 0.416 e. The Morgan fingerprint density at radius 2 is 1.82 bits per heavy atom. The summed E-state index contributed by atoms with van der Waals surface area (Å²) >= 11 is 0. The molecule has 0 atom stereocenters. The first kappa shape index (κ1) is 26.4. The molecule has 5 rings (SSSR count). The Hall–Kier alpha value is -4.20. The molecule has 1 fully saturated rings. The van der Waals surface area contributed by atoms with Crippen molar-refractivity contribution >= 4 is 22.6 Å². The van der Waals surface area contributed by atoms with Gasteiger partial charge in [-0.25, -0.2) is 0 Å². The van der Waals surface area contributed by atoms with Gasteiger partial charge >= 0.3 is 6.18 Å². The summed E-state index contributed by atoms with van der Waals surface area (Å²) < 4.78 is 41.8. The SMILES string of the molecule is Cc1ccc(NC(=O)c2ccc(CN3CCN(C)CC3)c(C(F)(F)F)c2)cc1C#Cc1cc2cc[nH]c2nn1. The van der Waals surface area contributed by atoms with Crippen molar-refractivity contribution in [3.8, 4) is 11.8 Å². The van der Waals surface area contributed by atoms with Crippen LogP contribution in [0.2, 0.25) is 0 Å². The van der Waals surface area contributed by atoms with Crippen LogP contribution >= 0.6 is 0 Å². The van der Waals surface area contributed by atoms with Crippen molar-refractivity contribution in [2.45, 2.75) is 19.6 Å². The molecule has 2 N–H and O–H groups in total. The van der Waals surface area contributed by atoms with Gasteiger partial charge in [-0.15, -0.1) is 10.2 Å². The van der Waals surface area contributed by atoms with Gasteiger partial charge in [0.15, 0.2) is 5.65 Å². The van der Waals surface area contributed by atoms with E-state index >= 15 is 0 Å². The number of aromatic amines is 1. The summed E-state index contributed by atoms with van der Waals surface area (Å²) in [7, 11) is 1.99. The largest absolute Gasteiger partial charge is 0.416 e. The Labute approximate surface area is 224 Å². The smallest absolute Gasteiger partial charge is 0.345 e. The van der Waals surface area contributed by atoms with Gasteiger partial charge in [0.25, 0.3) is 5.91 Å². The van der Waals surface area contributed by atoms with Crippen LogP contribution in [0.25, 0.3) is 11.0 Å². The molecular formula is C29H27F3N6O. The van der Waals surface area contributed by atoms with Crippen LogP contribution in [0.15, 0.2) is 54.7 Å². The molecule has 1 aliphatic rings. The van der Waals surface area contributed by atoms with E-state index in [-0.39, 0.29) is 17.7 Å². The van der Waals surface area contributed by atoms with Gasteiger partial charge in [0.05, 0.1) is 5.56 Å². The normalized spacial score (nSPS) is 14.7. The van der Waals surface area contributed by atoms with Crippen molar-refractivity contribution in [1.29, 1.82) is 0 Å². The Bertz CT molecular complexity index is 1580. The molecule has 3 heterocycles. The number of likely N-dealkylation sites (N-methyl/N-ethyl adjacent to an activating group) is 1. The van der Waals surface area contributed by atoms with Crippen LogP contribution in [0.4, 0.5) is 18.9 Å². The number of halogens is 3. The fourth-order valence-corrected chi connectivity index (χ4v) is 4.45. The number of H-pyrrole nitrogens is 1. The number of piperazine rings is 1. The average Bonchev–Trinajstić information content (AvgIpc) is 3.38. The molecule has 0 unspecified atom stereocenters. The zero-order valence-corrected chi connectivity index (χ0v) is 21.6. The van der Waals surface area contributed by atoms with E-state index < -0.39 is 17.6 Å². The van der Waals surface area contributed by atoms with Gasteiger partial charge in [0, 0.05) is 61.1 Å². The molecule has 1 aliphatic heterocycles. The van der Waals surface area contributed by atoms with E-state index in [1.165, 1.54) is 12.1 Å². The minimum atomic E-state index is -4.57. The molecule has 0 aliphatic carbocycles. The lowest BCUT2D eigenvalue weighted by Crippen LogP contribution is -2.44. The van der Waals surface area contributed by atoms with E-state index in [1.54, 1.807) is 24.4 Å². The van der Waals surface area contributed by atoms with Gasteiger partial charge in [-0.2, -0.15) is 13.2 Å². The molecule has 1 amide bonds.